The zero-order valence-corrected chi connectivity index (χ0v) is 7.17. The molecule has 66 valence electrons. The largest absolute Gasteiger partial charge is 0.368 e. The Bertz CT molecular complexity index is 125. The second kappa shape index (κ2) is 5.97. The third-order valence-corrected chi connectivity index (χ3v) is 1.53. The first-order valence-electron chi connectivity index (χ1n) is 3.97. The van der Waals surface area contributed by atoms with E-state index in [9.17, 15) is 0 Å². The Morgan fingerprint density at radius 1 is 1.64 bits per heavy atom. The molecule has 4 nitrogen and oxygen atoms in total. The van der Waals surface area contributed by atoms with Crippen molar-refractivity contribution in [2.75, 3.05) is 0 Å². The first-order chi connectivity index (χ1) is 5.24. The highest BCUT2D eigenvalue weighted by molar-refractivity contribution is 5.76. The van der Waals surface area contributed by atoms with Gasteiger partial charge in [0.2, 0.25) is 5.96 Å². The van der Waals surface area contributed by atoms with Crippen LogP contribution in [0.3, 0.4) is 0 Å². The topological polar surface area (TPSA) is 70.6 Å². The normalized spacial score (nSPS) is 14.6. The van der Waals surface area contributed by atoms with Crippen molar-refractivity contribution in [1.29, 1.82) is 0 Å². The summed E-state index contributed by atoms with van der Waals surface area (Å²) in [6, 6.07) is 0.236. The molecule has 0 aliphatic carbocycles. The summed E-state index contributed by atoms with van der Waals surface area (Å²) in [7, 11) is 0. The van der Waals surface area contributed by atoms with Gasteiger partial charge >= 0.3 is 0 Å². The van der Waals surface area contributed by atoms with Crippen molar-refractivity contribution in [1.82, 2.24) is 5.48 Å². The average Bonchev–Trinajstić information content (AvgIpc) is 2.03. The molecule has 0 aromatic rings. The van der Waals surface area contributed by atoms with Crippen molar-refractivity contribution < 1.29 is 5.21 Å². The van der Waals surface area contributed by atoms with E-state index in [1.807, 2.05) is 5.48 Å². The molecule has 11 heavy (non-hydrogen) atoms. The average molecular weight is 159 g/mol. The van der Waals surface area contributed by atoms with Crippen molar-refractivity contribution in [3.8, 4) is 0 Å². The summed E-state index contributed by atoms with van der Waals surface area (Å²) in [6.07, 6.45) is 3.05. The van der Waals surface area contributed by atoms with Crippen LogP contribution in [0.1, 0.15) is 33.1 Å². The Morgan fingerprint density at radius 3 is 2.64 bits per heavy atom. The van der Waals surface area contributed by atoms with E-state index in [1.165, 1.54) is 0 Å². The third-order valence-electron chi connectivity index (χ3n) is 1.53. The van der Waals surface area contributed by atoms with Gasteiger partial charge in [-0.2, -0.15) is 0 Å². The summed E-state index contributed by atoms with van der Waals surface area (Å²) in [6.45, 7) is 4.15. The van der Waals surface area contributed by atoms with Gasteiger partial charge in [-0.1, -0.05) is 20.3 Å². The van der Waals surface area contributed by atoms with Gasteiger partial charge in [0.25, 0.3) is 0 Å². The molecular weight excluding hydrogens is 142 g/mol. The van der Waals surface area contributed by atoms with E-state index in [1.54, 1.807) is 0 Å². The number of nitrogens with one attached hydrogen (secondary N) is 1. The van der Waals surface area contributed by atoms with Crippen LogP contribution in [-0.4, -0.2) is 17.2 Å². The zero-order chi connectivity index (χ0) is 8.69. The Labute approximate surface area is 67.5 Å². The molecule has 0 spiro atoms. The number of hydroxylamine groups is 1. The second-order valence-electron chi connectivity index (χ2n) is 2.48. The quantitative estimate of drug-likeness (QED) is 0.323. The lowest BCUT2D eigenvalue weighted by Gasteiger charge is -2.08. The number of guanidine groups is 1. The van der Waals surface area contributed by atoms with Crippen LogP contribution in [0.25, 0.3) is 0 Å². The molecule has 1 atom stereocenters. The van der Waals surface area contributed by atoms with Crippen molar-refractivity contribution in [3.05, 3.63) is 0 Å². The van der Waals surface area contributed by atoms with Crippen LogP contribution in [0.5, 0.6) is 0 Å². The minimum absolute atomic E-state index is 0.102. The van der Waals surface area contributed by atoms with Crippen LogP contribution in [0, 0.1) is 0 Å². The molecule has 0 amide bonds. The smallest absolute Gasteiger partial charge is 0.213 e. The number of aliphatic imine (C=N–C) groups is 1. The zero-order valence-electron chi connectivity index (χ0n) is 7.17. The molecule has 0 heterocycles. The molecule has 0 fully saturated rings. The van der Waals surface area contributed by atoms with Crippen LogP contribution in [0.2, 0.25) is 0 Å². The number of rotatable bonds is 4. The summed E-state index contributed by atoms with van der Waals surface area (Å²) in [5.41, 5.74) is 7.08. The van der Waals surface area contributed by atoms with Gasteiger partial charge in [0.1, 0.15) is 0 Å². The van der Waals surface area contributed by atoms with Crippen LogP contribution < -0.4 is 11.2 Å². The fourth-order valence-corrected chi connectivity index (χ4v) is 0.919. The lowest BCUT2D eigenvalue weighted by molar-refractivity contribution is 0.232. The fraction of sp³-hybridized carbons (Fsp3) is 0.857. The summed E-state index contributed by atoms with van der Waals surface area (Å²) < 4.78 is 0. The summed E-state index contributed by atoms with van der Waals surface area (Å²) >= 11 is 0. The lowest BCUT2D eigenvalue weighted by atomic mass is 10.1. The van der Waals surface area contributed by atoms with Crippen LogP contribution in [-0.2, 0) is 0 Å². The Morgan fingerprint density at radius 2 is 2.27 bits per heavy atom. The molecule has 4 heteroatoms. The van der Waals surface area contributed by atoms with E-state index in [4.69, 9.17) is 10.9 Å². The molecule has 0 aromatic heterocycles. The highest BCUT2D eigenvalue weighted by Gasteiger charge is 2.02. The molecule has 0 aromatic carbocycles. The molecular formula is C7H17N3O. The second-order valence-corrected chi connectivity index (χ2v) is 2.48. The van der Waals surface area contributed by atoms with Gasteiger partial charge in [0.05, 0.1) is 6.04 Å². The van der Waals surface area contributed by atoms with Gasteiger partial charge in [-0.3, -0.25) is 5.21 Å². The van der Waals surface area contributed by atoms with Crippen molar-refractivity contribution >= 4 is 5.96 Å². The van der Waals surface area contributed by atoms with E-state index >= 15 is 0 Å². The molecule has 0 aliphatic heterocycles. The van der Waals surface area contributed by atoms with E-state index in [0.29, 0.717) is 0 Å². The van der Waals surface area contributed by atoms with Gasteiger partial charge in [-0.05, 0) is 12.8 Å². The number of hydrogen-bond donors (Lipinski definition) is 3. The number of hydrogen-bond acceptors (Lipinski definition) is 2. The van der Waals surface area contributed by atoms with Crippen molar-refractivity contribution in [2.24, 2.45) is 10.7 Å². The number of nitrogens with zero attached hydrogens (tertiary/aromatic N) is 1. The highest BCUT2D eigenvalue weighted by Crippen LogP contribution is 2.04. The molecule has 0 saturated carbocycles. The SMILES string of the molecule is CCCC(CC)N=C(N)NO. The van der Waals surface area contributed by atoms with E-state index in [0.717, 1.165) is 19.3 Å². The third kappa shape index (κ3) is 4.61. The van der Waals surface area contributed by atoms with E-state index in [-0.39, 0.29) is 12.0 Å². The highest BCUT2D eigenvalue weighted by atomic mass is 16.5. The molecule has 0 rings (SSSR count). The number of nitrogens with two attached hydrogens (primary N) is 1. The summed E-state index contributed by atoms with van der Waals surface area (Å²) in [5, 5.41) is 8.34. The fourth-order valence-electron chi connectivity index (χ4n) is 0.919. The van der Waals surface area contributed by atoms with Gasteiger partial charge in [-0.25, -0.2) is 10.5 Å². The minimum atomic E-state index is 0.102. The van der Waals surface area contributed by atoms with Crippen molar-refractivity contribution in [3.63, 3.8) is 0 Å². The minimum Gasteiger partial charge on any atom is -0.368 e. The van der Waals surface area contributed by atoms with Crippen LogP contribution >= 0.6 is 0 Å². The molecule has 0 bridgehead atoms. The molecule has 1 unspecified atom stereocenters. The summed E-state index contributed by atoms with van der Waals surface area (Å²) in [5.74, 6) is 0.102. The lowest BCUT2D eigenvalue weighted by Crippen LogP contribution is -2.30. The predicted molar refractivity (Wildman–Crippen MR) is 45.5 cm³/mol. The van der Waals surface area contributed by atoms with E-state index in [2.05, 4.69) is 18.8 Å². The van der Waals surface area contributed by atoms with E-state index < -0.39 is 0 Å². The van der Waals surface area contributed by atoms with Gasteiger partial charge in [-0.15, -0.1) is 0 Å². The van der Waals surface area contributed by atoms with Crippen molar-refractivity contribution in [2.45, 2.75) is 39.2 Å². The maximum absolute atomic E-state index is 8.34. The first-order valence-corrected chi connectivity index (χ1v) is 3.97. The van der Waals surface area contributed by atoms with Gasteiger partial charge in [0, 0.05) is 0 Å². The van der Waals surface area contributed by atoms with Crippen LogP contribution in [0.4, 0.5) is 0 Å². The van der Waals surface area contributed by atoms with Gasteiger partial charge in [0.15, 0.2) is 0 Å². The maximum Gasteiger partial charge on any atom is 0.213 e. The standard InChI is InChI=1S/C7H17N3O/c1-3-5-6(4-2)9-7(8)10-11/h6,11H,3-5H2,1-2H3,(H3,8,9,10). The molecule has 0 aliphatic rings. The Kier molecular flexibility index (Phi) is 5.56. The Balaban J connectivity index is 3.84. The Hall–Kier alpha value is -0.770. The molecule has 0 saturated heterocycles. The predicted octanol–water partition coefficient (Wildman–Crippen LogP) is 0.859. The summed E-state index contributed by atoms with van der Waals surface area (Å²) in [4.78, 5) is 4.04. The monoisotopic (exact) mass is 159 g/mol. The maximum atomic E-state index is 8.34. The first kappa shape index (κ1) is 10.2. The van der Waals surface area contributed by atoms with Crippen LogP contribution in [0.15, 0.2) is 4.99 Å². The molecule has 4 N–H and O–H groups in total. The van der Waals surface area contributed by atoms with Gasteiger partial charge < -0.3 is 5.73 Å². The molecule has 0 radical (unpaired) electrons.